The van der Waals surface area contributed by atoms with Crippen LogP contribution in [0, 0.1) is 69.1 Å². The molecular weight excluding hydrogens is 252 g/mol. The summed E-state index contributed by atoms with van der Waals surface area (Å²) < 4.78 is 5.03. The van der Waals surface area contributed by atoms with Gasteiger partial charge in [0.25, 0.3) is 0 Å². The van der Waals surface area contributed by atoms with Gasteiger partial charge in [0.2, 0.25) is 0 Å². The van der Waals surface area contributed by atoms with Crippen molar-refractivity contribution in [1.82, 2.24) is 0 Å². The third-order valence-electron chi connectivity index (χ3n) is 3.24. The second-order valence-electron chi connectivity index (χ2n) is 4.74. The summed E-state index contributed by atoms with van der Waals surface area (Å²) in [6, 6.07) is 0. The molecule has 2 fully saturated rings. The van der Waals surface area contributed by atoms with Crippen LogP contribution < -0.4 is 0 Å². The van der Waals surface area contributed by atoms with E-state index in [0.717, 1.165) is 11.8 Å². The van der Waals surface area contributed by atoms with E-state index in [4.69, 9.17) is 4.74 Å². The first kappa shape index (κ1) is 15.5. The van der Waals surface area contributed by atoms with Crippen LogP contribution in [-0.4, -0.2) is 18.4 Å². The molecule has 0 aromatic heterocycles. The summed E-state index contributed by atoms with van der Waals surface area (Å²) >= 11 is 0. The molecule has 1 unspecified atom stereocenters. The first-order chi connectivity index (χ1) is 9.70. The maximum absolute atomic E-state index is 12.4. The van der Waals surface area contributed by atoms with Crippen LogP contribution in [0.1, 0.15) is 19.8 Å². The van der Waals surface area contributed by atoms with Gasteiger partial charge in [-0.25, -0.2) is 0 Å². The number of rotatable bonds is 7. The Labute approximate surface area is 122 Å². The molecule has 3 nitrogen and oxygen atoms in total. The second kappa shape index (κ2) is 7.80. The van der Waals surface area contributed by atoms with Crippen molar-refractivity contribution >= 4 is 11.8 Å². The first-order valence-corrected chi connectivity index (χ1v) is 6.81. The van der Waals surface area contributed by atoms with Gasteiger partial charge in [-0.1, -0.05) is 0 Å². The molecule has 0 N–H and O–H groups in total. The minimum Gasteiger partial charge on any atom is -0.465 e. The highest BCUT2D eigenvalue weighted by atomic mass is 16.5. The van der Waals surface area contributed by atoms with E-state index in [1.165, 1.54) is 0 Å². The molecule has 0 heterocycles. The molecule has 1 atom stereocenters. The van der Waals surface area contributed by atoms with E-state index < -0.39 is 11.9 Å². The topological polar surface area (TPSA) is 43.4 Å². The van der Waals surface area contributed by atoms with E-state index in [1.54, 1.807) is 6.92 Å². The number of Topliss-reactive ketones (excluding diaryl/α,β-unsaturated/α-hetero) is 1. The average molecular weight is 270 g/mol. The van der Waals surface area contributed by atoms with Crippen molar-refractivity contribution in [1.29, 1.82) is 0 Å². The van der Waals surface area contributed by atoms with E-state index in [9.17, 15) is 9.59 Å². The number of carbonyl (C=O) groups excluding carboxylic acids is 2. The van der Waals surface area contributed by atoms with Gasteiger partial charge >= 0.3 is 5.97 Å². The molecule has 2 aliphatic carbocycles. The molecule has 0 bridgehead atoms. The number of ketones is 1. The molecule has 2 saturated carbocycles. The number of ether oxygens (including phenoxy) is 1. The monoisotopic (exact) mass is 270 g/mol. The van der Waals surface area contributed by atoms with Crippen molar-refractivity contribution in [3.8, 4) is 0 Å². The lowest BCUT2D eigenvalue weighted by molar-refractivity contribution is -0.151. The molecule has 0 aromatic carbocycles. The molecule has 0 spiro atoms. The van der Waals surface area contributed by atoms with E-state index >= 15 is 0 Å². The molecule has 0 saturated heterocycles. The Hall–Kier alpha value is -0.860. The predicted octanol–water partition coefficient (Wildman–Crippen LogP) is 2.33. The quantitative estimate of drug-likeness (QED) is 0.527. The highest BCUT2D eigenvalue weighted by Crippen LogP contribution is 2.33. The lowest BCUT2D eigenvalue weighted by atomic mass is 9.86. The lowest BCUT2D eigenvalue weighted by Gasteiger charge is -2.19. The molecule has 3 heteroatoms. The average Bonchev–Trinajstić information content (AvgIpc) is 3.08. The van der Waals surface area contributed by atoms with Crippen LogP contribution in [0.25, 0.3) is 0 Å². The third-order valence-corrected chi connectivity index (χ3v) is 3.24. The molecule has 10 radical (unpaired) electrons. The van der Waals surface area contributed by atoms with Crippen LogP contribution in [0.15, 0.2) is 0 Å². The Balaban J connectivity index is 1.92. The lowest BCUT2D eigenvalue weighted by Crippen LogP contribution is -2.29. The van der Waals surface area contributed by atoms with Crippen LogP contribution in [-0.2, 0) is 14.3 Å². The Morgan fingerprint density at radius 1 is 1.00 bits per heavy atom. The van der Waals surface area contributed by atoms with Crippen molar-refractivity contribution in [3.05, 3.63) is 63.2 Å². The fourth-order valence-corrected chi connectivity index (χ4v) is 2.21. The van der Waals surface area contributed by atoms with E-state index in [0.29, 0.717) is 13.0 Å². The van der Waals surface area contributed by atoms with Crippen molar-refractivity contribution in [2.45, 2.75) is 19.8 Å². The second-order valence-corrected chi connectivity index (χ2v) is 4.74. The summed E-state index contributed by atoms with van der Waals surface area (Å²) in [4.78, 5) is 24.3. The zero-order valence-electron chi connectivity index (χ0n) is 11.5. The predicted molar refractivity (Wildman–Crippen MR) is 75.3 cm³/mol. The van der Waals surface area contributed by atoms with Crippen molar-refractivity contribution < 1.29 is 14.3 Å². The fraction of sp³-hybridized carbons (Fsp3) is 0.294. The fourth-order valence-electron chi connectivity index (χ4n) is 2.21. The minimum absolute atomic E-state index is 0.0872. The Kier molecular flexibility index (Phi) is 6.06. The smallest absolute Gasteiger partial charge is 0.316 e. The Morgan fingerprint density at radius 3 is 2.10 bits per heavy atom. The van der Waals surface area contributed by atoms with Gasteiger partial charge in [0, 0.05) is 6.42 Å². The van der Waals surface area contributed by atoms with Gasteiger partial charge in [-0.15, -0.1) is 0 Å². The maximum atomic E-state index is 12.4. The van der Waals surface area contributed by atoms with Crippen molar-refractivity contribution in [3.63, 3.8) is 0 Å². The molecule has 2 rings (SSSR count). The van der Waals surface area contributed by atoms with Crippen molar-refractivity contribution in [2.75, 3.05) is 6.61 Å². The number of hydrogen-bond donors (Lipinski definition) is 0. The summed E-state index contributed by atoms with van der Waals surface area (Å²) in [7, 11) is 0. The first-order valence-electron chi connectivity index (χ1n) is 6.81. The van der Waals surface area contributed by atoms with E-state index in [1.807, 2.05) is 51.4 Å². The summed E-state index contributed by atoms with van der Waals surface area (Å²) in [6.07, 6.45) is 15.9. The molecule has 0 aliphatic heterocycles. The maximum Gasteiger partial charge on any atom is 0.316 e. The molecule has 104 valence electrons. The summed E-state index contributed by atoms with van der Waals surface area (Å²) in [5, 5.41) is 0. The standard InChI is InChI=1S/C17H18O3/c1-2-20-17(19)15(11-13-7-3-4-8-13)16(18)12-14-9-5-6-10-14/h3-10,15H,2,11-12H2,1H3. The minimum atomic E-state index is -0.716. The zero-order valence-corrected chi connectivity index (χ0v) is 11.5. The number of esters is 1. The number of carbonyl (C=O) groups is 2. The Morgan fingerprint density at radius 2 is 1.55 bits per heavy atom. The normalized spacial score (nSPS) is 22.1. The molecule has 0 aromatic rings. The zero-order chi connectivity index (χ0) is 14.4. The van der Waals surface area contributed by atoms with Gasteiger partial charge in [-0.05, 0) is 76.5 Å². The SMILES string of the molecule is CCOC(=O)C(C[C]1[CH][CH][CH][CH]1)C(=O)C[C]1[CH][CH][CH][CH]1. The molecule has 20 heavy (non-hydrogen) atoms. The van der Waals surface area contributed by atoms with Gasteiger partial charge in [-0.3, -0.25) is 9.59 Å². The van der Waals surface area contributed by atoms with Gasteiger partial charge in [0.1, 0.15) is 11.7 Å². The molecule has 2 aliphatic rings. The number of hydrogen-bond acceptors (Lipinski definition) is 3. The van der Waals surface area contributed by atoms with Gasteiger partial charge in [-0.2, -0.15) is 0 Å². The highest BCUT2D eigenvalue weighted by Gasteiger charge is 2.34. The van der Waals surface area contributed by atoms with Crippen LogP contribution in [0.3, 0.4) is 0 Å². The summed E-state index contributed by atoms with van der Waals surface area (Å²) in [5.41, 5.74) is 0. The highest BCUT2D eigenvalue weighted by molar-refractivity contribution is 6.00. The summed E-state index contributed by atoms with van der Waals surface area (Å²) in [6.45, 7) is 2.04. The van der Waals surface area contributed by atoms with Crippen LogP contribution in [0.2, 0.25) is 0 Å². The van der Waals surface area contributed by atoms with Gasteiger partial charge in [0.15, 0.2) is 0 Å². The van der Waals surface area contributed by atoms with Crippen molar-refractivity contribution in [2.24, 2.45) is 5.92 Å². The molecule has 0 amide bonds. The van der Waals surface area contributed by atoms with Crippen LogP contribution in [0.5, 0.6) is 0 Å². The van der Waals surface area contributed by atoms with E-state index in [2.05, 4.69) is 0 Å². The third kappa shape index (κ3) is 4.32. The molecular formula is C17H18O3. The van der Waals surface area contributed by atoms with E-state index in [-0.39, 0.29) is 12.2 Å². The van der Waals surface area contributed by atoms with Gasteiger partial charge in [0.05, 0.1) is 6.61 Å². The van der Waals surface area contributed by atoms with Gasteiger partial charge < -0.3 is 4.74 Å². The largest absolute Gasteiger partial charge is 0.465 e. The summed E-state index contributed by atoms with van der Waals surface area (Å²) in [5.74, 6) is 0.694. The Bertz CT molecular complexity index is 325. The van der Waals surface area contributed by atoms with Crippen LogP contribution >= 0.6 is 0 Å². The van der Waals surface area contributed by atoms with Crippen LogP contribution in [0.4, 0.5) is 0 Å².